The number of aryl methyl sites for hydroxylation is 3. The number of carbonyl (C=O) groups excluding carboxylic acids is 2. The molecule has 0 radical (unpaired) electrons. The zero-order chi connectivity index (χ0) is 21.8. The lowest BCUT2D eigenvalue weighted by Crippen LogP contribution is -2.51. The molecular weight excluding hydrogens is 392 g/mol. The van der Waals surface area contributed by atoms with E-state index in [-0.39, 0.29) is 17.9 Å². The first-order valence-corrected chi connectivity index (χ1v) is 11.4. The zero-order valence-electron chi connectivity index (χ0n) is 18.5. The highest BCUT2D eigenvalue weighted by atomic mass is 16.2. The normalized spacial score (nSPS) is 20.1. The first kappa shape index (κ1) is 21.5. The fourth-order valence-corrected chi connectivity index (χ4v) is 4.90. The van der Waals surface area contributed by atoms with Crippen molar-refractivity contribution in [3.8, 4) is 0 Å². The van der Waals surface area contributed by atoms with Crippen LogP contribution in [0.3, 0.4) is 0 Å². The number of hydrogen-bond acceptors (Lipinski definition) is 5. The number of amides is 2. The maximum atomic E-state index is 13.1. The van der Waals surface area contributed by atoms with E-state index in [0.717, 1.165) is 63.3 Å². The van der Waals surface area contributed by atoms with Crippen LogP contribution in [0, 0.1) is 19.8 Å². The maximum Gasteiger partial charge on any atom is 0.274 e. The predicted molar refractivity (Wildman–Crippen MR) is 116 cm³/mol. The number of hydrogen-bond donors (Lipinski definition) is 0. The molecule has 1 atom stereocenters. The van der Waals surface area contributed by atoms with Crippen molar-refractivity contribution in [2.45, 2.75) is 65.0 Å². The van der Waals surface area contributed by atoms with Gasteiger partial charge >= 0.3 is 0 Å². The Morgan fingerprint density at radius 1 is 1.00 bits per heavy atom. The number of rotatable bonds is 5. The summed E-state index contributed by atoms with van der Waals surface area (Å²) in [6.07, 6.45) is 12.5. The fourth-order valence-electron chi connectivity index (χ4n) is 4.90. The molecule has 2 aliphatic rings. The number of aromatic nitrogens is 4. The first-order valence-electron chi connectivity index (χ1n) is 11.4. The van der Waals surface area contributed by atoms with Crippen LogP contribution in [0.4, 0.5) is 0 Å². The van der Waals surface area contributed by atoms with Crippen LogP contribution in [0.5, 0.6) is 0 Å². The third-order valence-electron chi connectivity index (χ3n) is 6.74. The number of imidazole rings is 1. The van der Waals surface area contributed by atoms with E-state index in [4.69, 9.17) is 0 Å². The van der Waals surface area contributed by atoms with Gasteiger partial charge in [0.05, 0.1) is 11.9 Å². The van der Waals surface area contributed by atoms with Gasteiger partial charge in [0.25, 0.3) is 5.91 Å². The minimum atomic E-state index is -0.00796. The number of likely N-dealkylation sites (tertiary alicyclic amines) is 2. The summed E-state index contributed by atoms with van der Waals surface area (Å²) < 4.78 is 2.02. The molecule has 4 rings (SSSR count). The van der Waals surface area contributed by atoms with E-state index in [1.807, 2.05) is 34.4 Å². The molecule has 166 valence electrons. The van der Waals surface area contributed by atoms with Crippen LogP contribution in [0.1, 0.15) is 60.5 Å². The summed E-state index contributed by atoms with van der Waals surface area (Å²) in [5.74, 6) is 1.57. The lowest BCUT2D eigenvalue weighted by Gasteiger charge is -2.43. The molecule has 4 heterocycles. The summed E-state index contributed by atoms with van der Waals surface area (Å²) >= 11 is 0. The Morgan fingerprint density at radius 3 is 2.48 bits per heavy atom. The Kier molecular flexibility index (Phi) is 6.63. The molecule has 1 unspecified atom stereocenters. The summed E-state index contributed by atoms with van der Waals surface area (Å²) in [5.41, 5.74) is 1.24. The first-order chi connectivity index (χ1) is 15.0. The highest BCUT2D eigenvalue weighted by Gasteiger charge is 2.36. The molecule has 8 heteroatoms. The SMILES string of the molecule is Cc1cnc(C(=O)N2CCCCC2C2CCN(C(=O)CCn3ccnc3C)CC2)cn1. The van der Waals surface area contributed by atoms with Crippen LogP contribution in [-0.4, -0.2) is 66.8 Å². The van der Waals surface area contributed by atoms with Crippen LogP contribution in [-0.2, 0) is 11.3 Å². The number of nitrogens with zero attached hydrogens (tertiary/aromatic N) is 6. The molecular formula is C23H32N6O2. The molecule has 0 aliphatic carbocycles. The number of piperidine rings is 2. The summed E-state index contributed by atoms with van der Waals surface area (Å²) in [6.45, 7) is 6.83. The van der Waals surface area contributed by atoms with E-state index in [2.05, 4.69) is 15.0 Å². The van der Waals surface area contributed by atoms with Crippen LogP contribution in [0.15, 0.2) is 24.8 Å². The van der Waals surface area contributed by atoms with E-state index < -0.39 is 0 Å². The molecule has 8 nitrogen and oxygen atoms in total. The van der Waals surface area contributed by atoms with E-state index in [1.165, 1.54) is 0 Å². The van der Waals surface area contributed by atoms with Crippen molar-refractivity contribution in [3.05, 3.63) is 42.0 Å². The Morgan fingerprint density at radius 2 is 1.81 bits per heavy atom. The van der Waals surface area contributed by atoms with E-state index >= 15 is 0 Å². The Balaban J connectivity index is 1.33. The molecule has 2 saturated heterocycles. The maximum absolute atomic E-state index is 13.1. The second-order valence-electron chi connectivity index (χ2n) is 8.74. The standard InChI is InChI=1S/C23H32N6O2/c1-17-15-26-20(16-25-17)23(31)29-10-4-3-5-21(29)19-6-11-28(12-7-19)22(30)8-13-27-14-9-24-18(27)2/h9,14-16,19,21H,3-8,10-13H2,1-2H3. The number of carbonyl (C=O) groups is 2. The molecule has 2 aromatic rings. The average Bonchev–Trinajstić information content (AvgIpc) is 3.22. The largest absolute Gasteiger partial charge is 0.343 e. The molecule has 2 aliphatic heterocycles. The zero-order valence-corrected chi connectivity index (χ0v) is 18.5. The molecule has 0 N–H and O–H groups in total. The van der Waals surface area contributed by atoms with Crippen molar-refractivity contribution >= 4 is 11.8 Å². The Hall–Kier alpha value is -2.77. The van der Waals surface area contributed by atoms with Crippen molar-refractivity contribution in [1.82, 2.24) is 29.3 Å². The topological polar surface area (TPSA) is 84.2 Å². The van der Waals surface area contributed by atoms with Crippen molar-refractivity contribution in [2.24, 2.45) is 5.92 Å². The lowest BCUT2D eigenvalue weighted by molar-refractivity contribution is -0.133. The molecule has 2 aromatic heterocycles. The van der Waals surface area contributed by atoms with Gasteiger partial charge in [-0.3, -0.25) is 14.6 Å². The highest BCUT2D eigenvalue weighted by Crippen LogP contribution is 2.31. The van der Waals surface area contributed by atoms with E-state index in [0.29, 0.717) is 24.6 Å². The van der Waals surface area contributed by atoms with Crippen molar-refractivity contribution < 1.29 is 9.59 Å². The van der Waals surface area contributed by atoms with Crippen LogP contribution in [0.2, 0.25) is 0 Å². The Bertz CT molecular complexity index is 901. The monoisotopic (exact) mass is 424 g/mol. The molecule has 0 aromatic carbocycles. The summed E-state index contributed by atoms with van der Waals surface area (Å²) in [4.78, 5) is 42.6. The Labute approximate surface area is 183 Å². The molecule has 0 saturated carbocycles. The lowest BCUT2D eigenvalue weighted by atomic mass is 9.83. The van der Waals surface area contributed by atoms with Gasteiger partial charge in [-0.25, -0.2) is 9.97 Å². The quantitative estimate of drug-likeness (QED) is 0.737. The van der Waals surface area contributed by atoms with Crippen LogP contribution < -0.4 is 0 Å². The van der Waals surface area contributed by atoms with Gasteiger partial charge in [0.2, 0.25) is 5.91 Å². The third kappa shape index (κ3) is 4.94. The summed E-state index contributed by atoms with van der Waals surface area (Å²) in [5, 5.41) is 0. The minimum absolute atomic E-state index is 0.00796. The minimum Gasteiger partial charge on any atom is -0.343 e. The van der Waals surface area contributed by atoms with Crippen LogP contribution in [0.25, 0.3) is 0 Å². The predicted octanol–water partition coefficient (Wildman–Crippen LogP) is 2.61. The van der Waals surface area contributed by atoms with Crippen molar-refractivity contribution in [2.75, 3.05) is 19.6 Å². The molecule has 0 spiro atoms. The average molecular weight is 425 g/mol. The van der Waals surface area contributed by atoms with Gasteiger partial charge in [-0.15, -0.1) is 0 Å². The molecule has 0 bridgehead atoms. The summed E-state index contributed by atoms with van der Waals surface area (Å²) in [6, 6.07) is 0.232. The summed E-state index contributed by atoms with van der Waals surface area (Å²) in [7, 11) is 0. The third-order valence-corrected chi connectivity index (χ3v) is 6.74. The highest BCUT2D eigenvalue weighted by molar-refractivity contribution is 5.92. The molecule has 2 fully saturated rings. The van der Waals surface area contributed by atoms with Gasteiger partial charge in [-0.05, 0) is 51.9 Å². The van der Waals surface area contributed by atoms with Gasteiger partial charge < -0.3 is 14.4 Å². The van der Waals surface area contributed by atoms with Crippen LogP contribution >= 0.6 is 0 Å². The van der Waals surface area contributed by atoms with Gasteiger partial charge in [-0.2, -0.15) is 0 Å². The molecule has 31 heavy (non-hydrogen) atoms. The second-order valence-corrected chi connectivity index (χ2v) is 8.74. The second kappa shape index (κ2) is 9.58. The van der Waals surface area contributed by atoms with Crippen molar-refractivity contribution in [1.29, 1.82) is 0 Å². The molecule has 2 amide bonds. The van der Waals surface area contributed by atoms with Gasteiger partial charge in [0.1, 0.15) is 11.5 Å². The van der Waals surface area contributed by atoms with Crippen molar-refractivity contribution in [3.63, 3.8) is 0 Å². The van der Waals surface area contributed by atoms with Gasteiger partial charge in [0.15, 0.2) is 0 Å². The smallest absolute Gasteiger partial charge is 0.274 e. The van der Waals surface area contributed by atoms with E-state index in [1.54, 1.807) is 18.6 Å². The van der Waals surface area contributed by atoms with E-state index in [9.17, 15) is 9.59 Å². The van der Waals surface area contributed by atoms with Gasteiger partial charge in [-0.1, -0.05) is 0 Å². The fraction of sp³-hybridized carbons (Fsp3) is 0.609. The van der Waals surface area contributed by atoms with Gasteiger partial charge in [0, 0.05) is 57.2 Å².